The highest BCUT2D eigenvalue weighted by Gasteiger charge is 2.43. The summed E-state index contributed by atoms with van der Waals surface area (Å²) in [6.45, 7) is -1.11. The number of nitrogens with zero attached hydrogens (tertiary/aromatic N) is 2. The Labute approximate surface area is 177 Å². The van der Waals surface area contributed by atoms with Crippen LogP contribution in [0.2, 0.25) is 0 Å². The highest BCUT2D eigenvalue weighted by Crippen LogP contribution is 2.37. The molecule has 0 bridgehead atoms. The lowest BCUT2D eigenvalue weighted by Gasteiger charge is -2.27. The fourth-order valence-corrected chi connectivity index (χ4v) is 3.96. The normalized spacial score (nSPS) is 21.4. The van der Waals surface area contributed by atoms with E-state index < -0.39 is 36.5 Å². The van der Waals surface area contributed by atoms with Gasteiger partial charge in [0.15, 0.2) is 0 Å². The molecule has 2 heterocycles. The minimum atomic E-state index is -4.53. The van der Waals surface area contributed by atoms with Crippen LogP contribution in [0.25, 0.3) is 0 Å². The van der Waals surface area contributed by atoms with Gasteiger partial charge in [-0.2, -0.15) is 13.2 Å². The first-order valence-corrected chi connectivity index (χ1v) is 9.82. The lowest BCUT2D eigenvalue weighted by atomic mass is 10.1. The molecule has 0 saturated carbocycles. The molecule has 0 spiro atoms. The fraction of sp³-hybridized carbons (Fsp3) is 0.550. The van der Waals surface area contributed by atoms with Gasteiger partial charge in [0, 0.05) is 25.6 Å². The molecule has 2 fully saturated rings. The van der Waals surface area contributed by atoms with Crippen molar-refractivity contribution in [2.24, 2.45) is 5.92 Å². The molecule has 8 nitrogen and oxygen atoms in total. The van der Waals surface area contributed by atoms with Crippen molar-refractivity contribution in [1.29, 1.82) is 0 Å². The molecule has 1 N–H and O–H groups in total. The van der Waals surface area contributed by atoms with E-state index in [1.54, 1.807) is 18.2 Å². The van der Waals surface area contributed by atoms with Crippen LogP contribution in [-0.2, 0) is 14.4 Å². The SMILES string of the molecule is COc1ccc(OC)c(N2CC(C(=O)N3CCCC3C(=O)NCC(F)(F)F)CC2=O)c1. The average Bonchev–Trinajstić information content (AvgIpc) is 3.37. The number of hydrogen-bond donors (Lipinski definition) is 1. The maximum absolute atomic E-state index is 13.1. The van der Waals surface area contributed by atoms with E-state index >= 15 is 0 Å². The van der Waals surface area contributed by atoms with E-state index in [2.05, 4.69) is 0 Å². The summed E-state index contributed by atoms with van der Waals surface area (Å²) in [5, 5.41) is 1.85. The molecule has 31 heavy (non-hydrogen) atoms. The predicted octanol–water partition coefficient (Wildman–Crippen LogP) is 1.73. The van der Waals surface area contributed by atoms with Crippen LogP contribution in [0, 0.1) is 5.92 Å². The Balaban J connectivity index is 1.72. The second-order valence-corrected chi connectivity index (χ2v) is 7.47. The molecule has 11 heteroatoms. The number of alkyl halides is 3. The molecule has 1 aromatic rings. The Morgan fingerprint density at radius 2 is 1.97 bits per heavy atom. The molecule has 2 unspecified atom stereocenters. The van der Waals surface area contributed by atoms with Gasteiger partial charge >= 0.3 is 6.18 Å². The molecule has 2 aliphatic heterocycles. The molecule has 170 valence electrons. The van der Waals surface area contributed by atoms with Gasteiger partial charge < -0.3 is 24.6 Å². The summed E-state index contributed by atoms with van der Waals surface area (Å²) in [5.74, 6) is -1.30. The Morgan fingerprint density at radius 1 is 1.23 bits per heavy atom. The van der Waals surface area contributed by atoms with E-state index in [1.807, 2.05) is 5.32 Å². The van der Waals surface area contributed by atoms with E-state index in [1.165, 1.54) is 24.0 Å². The molecule has 2 saturated heterocycles. The van der Waals surface area contributed by atoms with Crippen LogP contribution in [0.4, 0.5) is 18.9 Å². The number of anilines is 1. The zero-order valence-corrected chi connectivity index (χ0v) is 17.2. The first kappa shape index (κ1) is 22.7. The lowest BCUT2D eigenvalue weighted by molar-refractivity contribution is -0.146. The number of rotatable bonds is 6. The van der Waals surface area contributed by atoms with Gasteiger partial charge in [-0.1, -0.05) is 0 Å². The van der Waals surface area contributed by atoms with Crippen LogP contribution < -0.4 is 19.7 Å². The predicted molar refractivity (Wildman–Crippen MR) is 104 cm³/mol. The van der Waals surface area contributed by atoms with Crippen LogP contribution in [0.1, 0.15) is 19.3 Å². The molecular formula is C20H24F3N3O5. The van der Waals surface area contributed by atoms with Crippen LogP contribution in [0.5, 0.6) is 11.5 Å². The maximum Gasteiger partial charge on any atom is 0.405 e. The van der Waals surface area contributed by atoms with E-state index in [0.29, 0.717) is 23.6 Å². The number of benzene rings is 1. The first-order chi connectivity index (χ1) is 14.6. The summed E-state index contributed by atoms with van der Waals surface area (Å²) < 4.78 is 47.7. The Kier molecular flexibility index (Phi) is 6.61. The number of amides is 3. The Morgan fingerprint density at radius 3 is 2.61 bits per heavy atom. The molecule has 0 radical (unpaired) electrons. The smallest absolute Gasteiger partial charge is 0.405 e. The van der Waals surface area contributed by atoms with Gasteiger partial charge in [0.1, 0.15) is 24.1 Å². The molecular weight excluding hydrogens is 419 g/mol. The molecule has 0 aromatic heterocycles. The monoisotopic (exact) mass is 443 g/mol. The molecule has 1 aromatic carbocycles. The lowest BCUT2D eigenvalue weighted by Crippen LogP contribution is -2.49. The summed E-state index contributed by atoms with van der Waals surface area (Å²) in [5.41, 5.74) is 0.461. The van der Waals surface area contributed by atoms with E-state index in [4.69, 9.17) is 9.47 Å². The molecule has 3 amide bonds. The molecule has 2 aliphatic rings. The van der Waals surface area contributed by atoms with Crippen molar-refractivity contribution in [3.63, 3.8) is 0 Å². The van der Waals surface area contributed by atoms with E-state index in [9.17, 15) is 27.6 Å². The zero-order valence-electron chi connectivity index (χ0n) is 17.2. The molecule has 2 atom stereocenters. The fourth-order valence-electron chi connectivity index (χ4n) is 3.96. The number of methoxy groups -OCH3 is 2. The van der Waals surface area contributed by atoms with Crippen LogP contribution in [0.15, 0.2) is 18.2 Å². The van der Waals surface area contributed by atoms with Crippen LogP contribution in [-0.4, -0.2) is 68.7 Å². The summed E-state index contributed by atoms with van der Waals surface area (Å²) >= 11 is 0. The van der Waals surface area contributed by atoms with Gasteiger partial charge in [-0.25, -0.2) is 0 Å². The largest absolute Gasteiger partial charge is 0.497 e. The number of nitrogens with one attached hydrogen (secondary N) is 1. The second kappa shape index (κ2) is 9.03. The standard InChI is InChI=1S/C20H24F3N3O5/c1-30-13-5-6-16(31-2)15(9-13)26-10-12(8-17(26)27)19(29)25-7-3-4-14(25)18(28)24-11-20(21,22)23/h5-6,9,12,14H,3-4,7-8,10-11H2,1-2H3,(H,24,28). The van der Waals surface area contributed by atoms with Crippen molar-refractivity contribution in [3.05, 3.63) is 18.2 Å². The highest BCUT2D eigenvalue weighted by atomic mass is 19.4. The van der Waals surface area contributed by atoms with Gasteiger partial charge in [-0.05, 0) is 25.0 Å². The van der Waals surface area contributed by atoms with Crippen molar-refractivity contribution in [2.45, 2.75) is 31.5 Å². The number of hydrogen-bond acceptors (Lipinski definition) is 5. The van der Waals surface area contributed by atoms with Crippen molar-refractivity contribution in [1.82, 2.24) is 10.2 Å². The third-order valence-corrected chi connectivity index (χ3v) is 5.45. The number of halogens is 3. The van der Waals surface area contributed by atoms with Gasteiger partial charge in [0.05, 0.1) is 25.8 Å². The molecule has 3 rings (SSSR count). The summed E-state index contributed by atoms with van der Waals surface area (Å²) in [7, 11) is 2.95. The summed E-state index contributed by atoms with van der Waals surface area (Å²) in [4.78, 5) is 40.6. The van der Waals surface area contributed by atoms with Crippen LogP contribution >= 0.6 is 0 Å². The third-order valence-electron chi connectivity index (χ3n) is 5.45. The maximum atomic E-state index is 13.1. The topological polar surface area (TPSA) is 88.2 Å². The minimum Gasteiger partial charge on any atom is -0.497 e. The number of carbonyl (C=O) groups excluding carboxylic acids is 3. The van der Waals surface area contributed by atoms with Crippen molar-refractivity contribution < 1.29 is 37.0 Å². The highest BCUT2D eigenvalue weighted by molar-refractivity contribution is 6.02. The average molecular weight is 443 g/mol. The second-order valence-electron chi connectivity index (χ2n) is 7.47. The third kappa shape index (κ3) is 5.02. The van der Waals surface area contributed by atoms with E-state index in [0.717, 1.165) is 0 Å². The number of ether oxygens (including phenoxy) is 2. The van der Waals surface area contributed by atoms with Gasteiger partial charge in [-0.3, -0.25) is 14.4 Å². The molecule has 0 aliphatic carbocycles. The Hall–Kier alpha value is -2.98. The van der Waals surface area contributed by atoms with Gasteiger partial charge in [0.25, 0.3) is 0 Å². The quantitative estimate of drug-likeness (QED) is 0.724. The van der Waals surface area contributed by atoms with Crippen molar-refractivity contribution in [3.8, 4) is 11.5 Å². The Bertz CT molecular complexity index is 861. The summed E-state index contributed by atoms with van der Waals surface area (Å²) in [6.07, 6.45) is -3.81. The first-order valence-electron chi connectivity index (χ1n) is 9.82. The number of likely N-dealkylation sites (tertiary alicyclic amines) is 1. The minimum absolute atomic E-state index is 0.0629. The van der Waals surface area contributed by atoms with Crippen molar-refractivity contribution in [2.75, 3.05) is 38.8 Å². The van der Waals surface area contributed by atoms with Gasteiger partial charge in [0.2, 0.25) is 17.7 Å². The van der Waals surface area contributed by atoms with Crippen LogP contribution in [0.3, 0.4) is 0 Å². The summed E-state index contributed by atoms with van der Waals surface area (Å²) in [6, 6.07) is 4.00. The zero-order chi connectivity index (χ0) is 22.8. The van der Waals surface area contributed by atoms with E-state index in [-0.39, 0.29) is 31.8 Å². The van der Waals surface area contributed by atoms with Gasteiger partial charge in [-0.15, -0.1) is 0 Å². The van der Waals surface area contributed by atoms with Crippen molar-refractivity contribution >= 4 is 23.4 Å². The number of carbonyl (C=O) groups is 3.